The molecule has 0 N–H and O–H groups in total. The second kappa shape index (κ2) is 7.94. The number of ether oxygens (including phenoxy) is 1. The first-order valence-electron chi connectivity index (χ1n) is 6.92. The number of carbonyl (C=O) groups is 2. The topological polar surface area (TPSA) is 49.9 Å². The Labute approximate surface area is 115 Å². The van der Waals surface area contributed by atoms with Crippen LogP contribution in [0.4, 0.5) is 0 Å². The van der Waals surface area contributed by atoms with Crippen LogP contribution in [0.3, 0.4) is 0 Å². The lowest BCUT2D eigenvalue weighted by atomic mass is 10.3. The lowest BCUT2D eigenvalue weighted by Gasteiger charge is -2.24. The first-order valence-corrected chi connectivity index (χ1v) is 6.92. The average molecular weight is 268 g/mol. The van der Waals surface area contributed by atoms with Crippen molar-refractivity contribution >= 4 is 11.9 Å². The maximum absolute atomic E-state index is 12.1. The molecule has 1 aliphatic rings. The molecular formula is C14H24N2O3. The zero-order chi connectivity index (χ0) is 14.3. The Hall–Kier alpha value is -1.36. The Bertz CT molecular complexity index is 353. The van der Waals surface area contributed by atoms with Gasteiger partial charge in [-0.25, -0.2) is 0 Å². The van der Waals surface area contributed by atoms with Gasteiger partial charge in [-0.2, -0.15) is 0 Å². The minimum Gasteiger partial charge on any atom is -0.465 e. The monoisotopic (exact) mass is 268 g/mol. The Morgan fingerprint density at radius 2 is 2.05 bits per heavy atom. The molecule has 0 saturated heterocycles. The number of carbonyl (C=O) groups excluding carboxylic acids is 2. The van der Waals surface area contributed by atoms with Crippen LogP contribution in [-0.4, -0.2) is 55.0 Å². The molecule has 0 bridgehead atoms. The van der Waals surface area contributed by atoms with Crippen LogP contribution in [0.5, 0.6) is 0 Å². The Balaban J connectivity index is 2.45. The van der Waals surface area contributed by atoms with E-state index in [0.717, 1.165) is 25.0 Å². The molecule has 0 saturated carbocycles. The fourth-order valence-corrected chi connectivity index (χ4v) is 2.08. The molecule has 1 amide bonds. The maximum Gasteiger partial charge on any atom is 0.320 e. The summed E-state index contributed by atoms with van der Waals surface area (Å²) in [5.41, 5.74) is 1.09. The van der Waals surface area contributed by atoms with Crippen LogP contribution in [0, 0.1) is 0 Å². The van der Waals surface area contributed by atoms with Crippen LogP contribution < -0.4 is 0 Å². The first-order chi connectivity index (χ1) is 9.08. The number of hydrogen-bond donors (Lipinski definition) is 0. The number of hydrogen-bond acceptors (Lipinski definition) is 4. The van der Waals surface area contributed by atoms with Gasteiger partial charge >= 0.3 is 5.97 Å². The molecule has 108 valence electrons. The molecule has 5 heteroatoms. The first kappa shape index (κ1) is 15.7. The van der Waals surface area contributed by atoms with Crippen LogP contribution in [0.25, 0.3) is 0 Å². The SMILES string of the molecule is CCOC(=O)CN(CC)CC(=O)N(C)C1=CCCC1. The van der Waals surface area contributed by atoms with Crippen molar-refractivity contribution in [3.05, 3.63) is 11.8 Å². The van der Waals surface area contributed by atoms with Gasteiger partial charge in [-0.3, -0.25) is 14.5 Å². The lowest BCUT2D eigenvalue weighted by Crippen LogP contribution is -2.40. The number of likely N-dealkylation sites (N-methyl/N-ethyl adjacent to an activating group) is 2. The normalized spacial score (nSPS) is 14.4. The molecule has 0 atom stereocenters. The summed E-state index contributed by atoms with van der Waals surface area (Å²) < 4.78 is 4.90. The van der Waals surface area contributed by atoms with Crippen LogP contribution in [0.1, 0.15) is 33.1 Å². The van der Waals surface area contributed by atoms with E-state index in [4.69, 9.17) is 4.74 Å². The van der Waals surface area contributed by atoms with Crippen LogP contribution >= 0.6 is 0 Å². The summed E-state index contributed by atoms with van der Waals surface area (Å²) in [6.45, 7) is 5.15. The van der Waals surface area contributed by atoms with E-state index in [1.807, 2.05) is 6.92 Å². The zero-order valence-electron chi connectivity index (χ0n) is 12.1. The molecule has 0 aromatic rings. The molecule has 0 aromatic heterocycles. The smallest absolute Gasteiger partial charge is 0.320 e. The van der Waals surface area contributed by atoms with E-state index in [1.165, 1.54) is 0 Å². The van der Waals surface area contributed by atoms with E-state index in [0.29, 0.717) is 13.2 Å². The van der Waals surface area contributed by atoms with Gasteiger partial charge in [-0.15, -0.1) is 0 Å². The van der Waals surface area contributed by atoms with Gasteiger partial charge in [0.1, 0.15) is 0 Å². The predicted octanol–water partition coefficient (Wildman–Crippen LogP) is 1.40. The van der Waals surface area contributed by atoms with Gasteiger partial charge in [-0.1, -0.05) is 13.0 Å². The Kier molecular flexibility index (Phi) is 6.56. The summed E-state index contributed by atoms with van der Waals surface area (Å²) in [5, 5.41) is 0. The van der Waals surface area contributed by atoms with E-state index >= 15 is 0 Å². The summed E-state index contributed by atoms with van der Waals surface area (Å²) >= 11 is 0. The van der Waals surface area contributed by atoms with E-state index in [1.54, 1.807) is 23.8 Å². The van der Waals surface area contributed by atoms with Gasteiger partial charge in [0.25, 0.3) is 0 Å². The highest BCUT2D eigenvalue weighted by Crippen LogP contribution is 2.20. The summed E-state index contributed by atoms with van der Waals surface area (Å²) in [6.07, 6.45) is 5.24. The van der Waals surface area contributed by atoms with E-state index in [-0.39, 0.29) is 25.0 Å². The van der Waals surface area contributed by atoms with Gasteiger partial charge in [0.2, 0.25) is 5.91 Å². The van der Waals surface area contributed by atoms with E-state index in [9.17, 15) is 9.59 Å². The summed E-state index contributed by atoms with van der Waals surface area (Å²) in [4.78, 5) is 27.1. The molecular weight excluding hydrogens is 244 g/mol. The van der Waals surface area contributed by atoms with Crippen molar-refractivity contribution in [1.82, 2.24) is 9.80 Å². The second-order valence-corrected chi connectivity index (χ2v) is 4.65. The van der Waals surface area contributed by atoms with E-state index < -0.39 is 0 Å². The highest BCUT2D eigenvalue weighted by molar-refractivity contribution is 5.80. The Morgan fingerprint density at radius 3 is 2.58 bits per heavy atom. The number of rotatable bonds is 7. The summed E-state index contributed by atoms with van der Waals surface area (Å²) in [5.74, 6) is -0.251. The second-order valence-electron chi connectivity index (χ2n) is 4.65. The fraction of sp³-hybridized carbons (Fsp3) is 0.714. The molecule has 1 rings (SSSR count). The third-order valence-corrected chi connectivity index (χ3v) is 3.29. The third kappa shape index (κ3) is 5.03. The molecule has 1 aliphatic carbocycles. The van der Waals surface area contributed by atoms with Crippen molar-refractivity contribution in [1.29, 1.82) is 0 Å². The standard InChI is InChI=1S/C14H24N2O3/c1-4-16(11-14(18)19-5-2)10-13(17)15(3)12-8-6-7-9-12/h8H,4-7,9-11H2,1-3H3. The molecule has 0 spiro atoms. The number of nitrogens with zero attached hydrogens (tertiary/aromatic N) is 2. The fourth-order valence-electron chi connectivity index (χ4n) is 2.08. The molecule has 0 fully saturated rings. The van der Waals surface area contributed by atoms with Crippen LogP contribution in [-0.2, 0) is 14.3 Å². The molecule has 5 nitrogen and oxygen atoms in total. The molecule has 0 aliphatic heterocycles. The van der Waals surface area contributed by atoms with Gasteiger partial charge in [0.15, 0.2) is 0 Å². The molecule has 0 radical (unpaired) electrons. The lowest BCUT2D eigenvalue weighted by molar-refractivity contribution is -0.144. The van der Waals surface area contributed by atoms with Gasteiger partial charge in [0, 0.05) is 12.7 Å². The van der Waals surface area contributed by atoms with Gasteiger partial charge in [-0.05, 0) is 32.7 Å². The molecule has 0 aromatic carbocycles. The van der Waals surface area contributed by atoms with Crippen LogP contribution in [0.2, 0.25) is 0 Å². The maximum atomic E-state index is 12.1. The zero-order valence-corrected chi connectivity index (χ0v) is 12.1. The largest absolute Gasteiger partial charge is 0.465 e. The van der Waals surface area contributed by atoms with Crippen molar-refractivity contribution < 1.29 is 14.3 Å². The number of amides is 1. The number of allylic oxidation sites excluding steroid dienone is 2. The van der Waals surface area contributed by atoms with Gasteiger partial charge in [0.05, 0.1) is 19.7 Å². The highest BCUT2D eigenvalue weighted by atomic mass is 16.5. The third-order valence-electron chi connectivity index (χ3n) is 3.29. The molecule has 19 heavy (non-hydrogen) atoms. The summed E-state index contributed by atoms with van der Waals surface area (Å²) in [6, 6.07) is 0. The van der Waals surface area contributed by atoms with Crippen molar-refractivity contribution in [3.63, 3.8) is 0 Å². The van der Waals surface area contributed by atoms with Crippen molar-refractivity contribution in [3.8, 4) is 0 Å². The predicted molar refractivity (Wildman–Crippen MR) is 73.5 cm³/mol. The summed E-state index contributed by atoms with van der Waals surface area (Å²) in [7, 11) is 1.80. The average Bonchev–Trinajstić information content (AvgIpc) is 2.91. The quantitative estimate of drug-likeness (QED) is 0.655. The van der Waals surface area contributed by atoms with Gasteiger partial charge < -0.3 is 9.64 Å². The Morgan fingerprint density at radius 1 is 1.32 bits per heavy atom. The van der Waals surface area contributed by atoms with E-state index in [2.05, 4.69) is 6.08 Å². The molecule has 0 heterocycles. The number of esters is 1. The van der Waals surface area contributed by atoms with Crippen LogP contribution in [0.15, 0.2) is 11.8 Å². The minimum absolute atomic E-state index is 0.0271. The van der Waals surface area contributed by atoms with Crippen molar-refractivity contribution in [2.75, 3.05) is 33.3 Å². The highest BCUT2D eigenvalue weighted by Gasteiger charge is 2.19. The van der Waals surface area contributed by atoms with Crippen molar-refractivity contribution in [2.45, 2.75) is 33.1 Å². The minimum atomic E-state index is -0.278. The van der Waals surface area contributed by atoms with Crippen molar-refractivity contribution in [2.24, 2.45) is 0 Å². The molecule has 0 unspecified atom stereocenters.